The molecule has 4 nitrogen and oxygen atoms in total. The maximum Gasteiger partial charge on any atom is 0.118 e. The van der Waals surface area contributed by atoms with Crippen LogP contribution in [0.2, 0.25) is 0 Å². The van der Waals surface area contributed by atoms with Crippen LogP contribution in [-0.4, -0.2) is 67.4 Å². The first-order chi connectivity index (χ1) is 12.6. The molecule has 0 aromatic heterocycles. The zero-order valence-corrected chi connectivity index (χ0v) is 16.7. The van der Waals surface area contributed by atoms with Crippen LogP contribution in [0, 0.1) is 11.8 Å². The van der Waals surface area contributed by atoms with Crippen molar-refractivity contribution in [3.8, 4) is 5.75 Å². The Morgan fingerprint density at radius 1 is 1.12 bits per heavy atom. The highest BCUT2D eigenvalue weighted by molar-refractivity contribution is 5.30. The van der Waals surface area contributed by atoms with Crippen molar-refractivity contribution < 1.29 is 9.84 Å². The van der Waals surface area contributed by atoms with Crippen LogP contribution in [0.25, 0.3) is 0 Å². The van der Waals surface area contributed by atoms with Gasteiger partial charge in [0.1, 0.15) is 5.75 Å². The van der Waals surface area contributed by atoms with Crippen molar-refractivity contribution in [3.63, 3.8) is 0 Å². The van der Waals surface area contributed by atoms with Gasteiger partial charge in [0.25, 0.3) is 0 Å². The third-order valence-corrected chi connectivity index (χ3v) is 6.37. The highest BCUT2D eigenvalue weighted by Gasteiger charge is 2.35. The molecule has 2 saturated heterocycles. The number of piperidine rings is 1. The average molecular weight is 361 g/mol. The molecule has 2 fully saturated rings. The molecule has 2 heterocycles. The third-order valence-electron chi connectivity index (χ3n) is 6.37. The Bertz CT molecular complexity index is 540. The van der Waals surface area contributed by atoms with Gasteiger partial charge >= 0.3 is 0 Å². The number of benzene rings is 1. The minimum absolute atomic E-state index is 0.207. The summed E-state index contributed by atoms with van der Waals surface area (Å²) in [5.74, 6) is 2.99. The van der Waals surface area contributed by atoms with E-state index in [9.17, 15) is 5.11 Å². The molecule has 0 saturated carbocycles. The molecular formula is C22H36N2O2. The number of aliphatic hydroxyl groups is 1. The minimum atomic E-state index is -0.207. The van der Waals surface area contributed by atoms with Crippen molar-refractivity contribution in [2.75, 3.05) is 46.4 Å². The van der Waals surface area contributed by atoms with Gasteiger partial charge in [-0.25, -0.2) is 0 Å². The molecule has 1 aromatic carbocycles. The normalized spacial score (nSPS) is 26.9. The summed E-state index contributed by atoms with van der Waals surface area (Å²) in [5.41, 5.74) is 1.41. The summed E-state index contributed by atoms with van der Waals surface area (Å²) in [6.45, 7) is 11.1. The number of hydrogen-bond acceptors (Lipinski definition) is 4. The number of ether oxygens (including phenoxy) is 1. The number of likely N-dealkylation sites (tertiary alicyclic amines) is 2. The Kier molecular flexibility index (Phi) is 6.96. The SMILES string of the molecule is CCC(O)CN1CC(CN2CCC(C)CC2)C(c2ccc(OC)cc2)C1. The van der Waals surface area contributed by atoms with Crippen molar-refractivity contribution in [3.05, 3.63) is 29.8 Å². The second-order valence-electron chi connectivity index (χ2n) is 8.40. The Hall–Kier alpha value is -1.10. The number of β-amino-alcohol motifs (C(OH)–C–C–N with tert-alkyl or cyclic N) is 1. The van der Waals surface area contributed by atoms with E-state index in [1.165, 1.54) is 38.0 Å². The summed E-state index contributed by atoms with van der Waals surface area (Å²) in [5, 5.41) is 10.1. The van der Waals surface area contributed by atoms with E-state index in [1.807, 2.05) is 0 Å². The molecule has 0 radical (unpaired) electrons. The molecule has 0 spiro atoms. The number of rotatable bonds is 7. The van der Waals surface area contributed by atoms with Crippen molar-refractivity contribution in [2.24, 2.45) is 11.8 Å². The molecule has 2 aliphatic heterocycles. The molecule has 1 N–H and O–H groups in total. The van der Waals surface area contributed by atoms with Gasteiger partial charge in [0.2, 0.25) is 0 Å². The Labute approximate surface area is 159 Å². The number of aliphatic hydroxyl groups excluding tert-OH is 1. The lowest BCUT2D eigenvalue weighted by molar-refractivity contribution is 0.116. The minimum Gasteiger partial charge on any atom is -0.497 e. The zero-order chi connectivity index (χ0) is 18.5. The second kappa shape index (κ2) is 9.20. The van der Waals surface area contributed by atoms with Crippen LogP contribution in [-0.2, 0) is 0 Å². The Morgan fingerprint density at radius 3 is 2.42 bits per heavy atom. The summed E-state index contributed by atoms with van der Waals surface area (Å²) in [7, 11) is 1.72. The van der Waals surface area contributed by atoms with E-state index in [0.717, 1.165) is 37.7 Å². The molecule has 3 rings (SSSR count). The van der Waals surface area contributed by atoms with Crippen LogP contribution >= 0.6 is 0 Å². The van der Waals surface area contributed by atoms with Crippen LogP contribution in [0.1, 0.15) is 44.6 Å². The van der Waals surface area contributed by atoms with Crippen molar-refractivity contribution >= 4 is 0 Å². The summed E-state index contributed by atoms with van der Waals surface area (Å²) in [6.07, 6.45) is 3.29. The lowest BCUT2D eigenvalue weighted by atomic mass is 9.87. The third kappa shape index (κ3) is 4.99. The van der Waals surface area contributed by atoms with Crippen molar-refractivity contribution in [1.29, 1.82) is 0 Å². The molecule has 26 heavy (non-hydrogen) atoms. The maximum atomic E-state index is 10.1. The largest absolute Gasteiger partial charge is 0.497 e. The smallest absolute Gasteiger partial charge is 0.118 e. The van der Waals surface area contributed by atoms with E-state index in [0.29, 0.717) is 11.8 Å². The monoisotopic (exact) mass is 360 g/mol. The summed E-state index contributed by atoms with van der Waals surface area (Å²) in [6, 6.07) is 8.63. The molecule has 3 atom stereocenters. The van der Waals surface area contributed by atoms with Crippen LogP contribution in [0.5, 0.6) is 5.75 Å². The number of hydrogen-bond donors (Lipinski definition) is 1. The second-order valence-corrected chi connectivity index (χ2v) is 8.40. The molecule has 4 heteroatoms. The molecule has 2 aliphatic rings. The molecule has 0 bridgehead atoms. The van der Waals surface area contributed by atoms with Gasteiger partial charge < -0.3 is 14.7 Å². The average Bonchev–Trinajstić information content (AvgIpc) is 3.05. The zero-order valence-electron chi connectivity index (χ0n) is 16.7. The molecular weight excluding hydrogens is 324 g/mol. The van der Waals surface area contributed by atoms with Crippen molar-refractivity contribution in [2.45, 2.75) is 45.1 Å². The molecule has 146 valence electrons. The van der Waals surface area contributed by atoms with Crippen LogP contribution < -0.4 is 4.74 Å². The van der Waals surface area contributed by atoms with Gasteiger partial charge in [-0.2, -0.15) is 0 Å². The predicted octanol–water partition coefficient (Wildman–Crippen LogP) is 3.21. The highest BCUT2D eigenvalue weighted by Crippen LogP contribution is 2.35. The van der Waals surface area contributed by atoms with E-state index < -0.39 is 0 Å². The number of methoxy groups -OCH3 is 1. The topological polar surface area (TPSA) is 35.9 Å². The van der Waals surface area contributed by atoms with E-state index in [-0.39, 0.29) is 6.10 Å². The van der Waals surface area contributed by atoms with E-state index >= 15 is 0 Å². The van der Waals surface area contributed by atoms with Crippen molar-refractivity contribution in [1.82, 2.24) is 9.80 Å². The van der Waals surface area contributed by atoms with E-state index in [1.54, 1.807) is 7.11 Å². The first-order valence-corrected chi connectivity index (χ1v) is 10.4. The highest BCUT2D eigenvalue weighted by atomic mass is 16.5. The standard InChI is InChI=1S/C22H36N2O2/c1-4-20(25)15-24-14-19(13-23-11-9-17(2)10-12-23)22(16-24)18-5-7-21(26-3)8-6-18/h5-8,17,19-20,22,25H,4,9-16H2,1-3H3. The summed E-state index contributed by atoms with van der Waals surface area (Å²) in [4.78, 5) is 5.14. The summed E-state index contributed by atoms with van der Waals surface area (Å²) >= 11 is 0. The van der Waals surface area contributed by atoms with Gasteiger partial charge in [-0.15, -0.1) is 0 Å². The predicted molar refractivity (Wildman–Crippen MR) is 107 cm³/mol. The van der Waals surface area contributed by atoms with Gasteiger partial charge in [-0.1, -0.05) is 26.0 Å². The van der Waals surface area contributed by atoms with Gasteiger partial charge in [-0.3, -0.25) is 4.90 Å². The maximum absolute atomic E-state index is 10.1. The van der Waals surface area contributed by atoms with E-state index in [4.69, 9.17) is 4.74 Å². The van der Waals surface area contributed by atoms with Crippen LogP contribution in [0.15, 0.2) is 24.3 Å². The fourth-order valence-electron chi connectivity index (χ4n) is 4.53. The molecule has 0 amide bonds. The molecule has 0 aliphatic carbocycles. The molecule has 1 aromatic rings. The summed E-state index contributed by atoms with van der Waals surface area (Å²) < 4.78 is 5.33. The first kappa shape index (κ1) is 19.7. The Morgan fingerprint density at radius 2 is 1.81 bits per heavy atom. The number of nitrogens with zero attached hydrogens (tertiary/aromatic N) is 2. The van der Waals surface area contributed by atoms with Crippen LogP contribution in [0.4, 0.5) is 0 Å². The first-order valence-electron chi connectivity index (χ1n) is 10.4. The lowest BCUT2D eigenvalue weighted by Gasteiger charge is -2.33. The molecule has 3 unspecified atom stereocenters. The van der Waals surface area contributed by atoms with Crippen LogP contribution in [0.3, 0.4) is 0 Å². The van der Waals surface area contributed by atoms with Gasteiger partial charge in [0.05, 0.1) is 13.2 Å². The fraction of sp³-hybridized carbons (Fsp3) is 0.727. The quantitative estimate of drug-likeness (QED) is 0.810. The van der Waals surface area contributed by atoms with E-state index in [2.05, 4.69) is 47.9 Å². The van der Waals surface area contributed by atoms with Gasteiger partial charge in [0.15, 0.2) is 0 Å². The lowest BCUT2D eigenvalue weighted by Crippen LogP contribution is -2.38. The van der Waals surface area contributed by atoms with Gasteiger partial charge in [-0.05, 0) is 61.9 Å². The Balaban J connectivity index is 1.69. The van der Waals surface area contributed by atoms with Gasteiger partial charge in [0, 0.05) is 32.1 Å². The fourth-order valence-corrected chi connectivity index (χ4v) is 4.53.